The second-order valence-corrected chi connectivity index (χ2v) is 8.53. The van der Waals surface area contributed by atoms with Crippen LogP contribution < -0.4 is 5.56 Å². The van der Waals surface area contributed by atoms with Crippen molar-refractivity contribution in [3.8, 4) is 0 Å². The lowest BCUT2D eigenvalue weighted by atomic mass is 10.2. The third-order valence-electron chi connectivity index (χ3n) is 5.75. The summed E-state index contributed by atoms with van der Waals surface area (Å²) in [5.74, 6) is -0.0163. The number of carbonyl (C=O) groups excluding carboxylic acids is 1. The fraction of sp³-hybridized carbons (Fsp3) is 0.550. The summed E-state index contributed by atoms with van der Waals surface area (Å²) in [7, 11) is 0. The van der Waals surface area contributed by atoms with Gasteiger partial charge in [0.1, 0.15) is 6.54 Å². The van der Waals surface area contributed by atoms with Gasteiger partial charge in [-0.1, -0.05) is 15.9 Å². The van der Waals surface area contributed by atoms with Gasteiger partial charge in [-0.2, -0.15) is 0 Å². The Kier molecular flexibility index (Phi) is 6.08. The van der Waals surface area contributed by atoms with Crippen molar-refractivity contribution in [1.29, 1.82) is 0 Å². The number of rotatable bonds is 5. The predicted octanol–water partition coefficient (Wildman–Crippen LogP) is 1.40. The third-order valence-corrected chi connectivity index (χ3v) is 6.24. The molecule has 2 aliphatic rings. The van der Waals surface area contributed by atoms with Gasteiger partial charge in [-0.25, -0.2) is 4.98 Å². The normalized spacial score (nSPS) is 18.8. The average Bonchev–Trinajstić information content (AvgIpc) is 3.23. The Balaban J connectivity index is 1.32. The maximum Gasteiger partial charge on any atom is 0.261 e. The SMILES string of the molecule is O=C(Cn1cnc2ccc(Br)cc2c1=O)N1CCN(CCN2CCCC2)CC1. The summed E-state index contributed by atoms with van der Waals surface area (Å²) >= 11 is 3.39. The molecule has 1 amide bonds. The van der Waals surface area contributed by atoms with Gasteiger partial charge >= 0.3 is 0 Å². The van der Waals surface area contributed by atoms with Crippen molar-refractivity contribution in [3.63, 3.8) is 0 Å². The molecular formula is C20H26BrN5O2. The molecule has 1 aromatic carbocycles. The highest BCUT2D eigenvalue weighted by Gasteiger charge is 2.22. The van der Waals surface area contributed by atoms with E-state index in [0.717, 1.165) is 43.7 Å². The van der Waals surface area contributed by atoms with E-state index in [4.69, 9.17) is 0 Å². The lowest BCUT2D eigenvalue weighted by Crippen LogP contribution is -2.51. The Labute approximate surface area is 173 Å². The third kappa shape index (κ3) is 4.45. The molecule has 150 valence electrons. The molecule has 0 bridgehead atoms. The number of benzene rings is 1. The highest BCUT2D eigenvalue weighted by molar-refractivity contribution is 9.10. The zero-order chi connectivity index (χ0) is 19.5. The summed E-state index contributed by atoms with van der Waals surface area (Å²) in [6, 6.07) is 5.41. The number of piperazine rings is 1. The number of hydrogen-bond donors (Lipinski definition) is 0. The smallest absolute Gasteiger partial charge is 0.261 e. The molecule has 0 saturated carbocycles. The summed E-state index contributed by atoms with van der Waals surface area (Å²) in [6.45, 7) is 7.94. The van der Waals surface area contributed by atoms with E-state index in [1.807, 2.05) is 11.0 Å². The number of likely N-dealkylation sites (tertiary alicyclic amines) is 1. The van der Waals surface area contributed by atoms with Crippen LogP contribution in [0.2, 0.25) is 0 Å². The molecule has 0 spiro atoms. The topological polar surface area (TPSA) is 61.7 Å². The number of fused-ring (bicyclic) bond motifs is 1. The Morgan fingerprint density at radius 2 is 1.68 bits per heavy atom. The minimum absolute atomic E-state index is 0.0163. The molecule has 0 N–H and O–H groups in total. The molecule has 2 aliphatic heterocycles. The fourth-order valence-corrected chi connectivity index (χ4v) is 4.36. The number of halogens is 1. The van der Waals surface area contributed by atoms with E-state index in [1.54, 1.807) is 12.1 Å². The molecule has 28 heavy (non-hydrogen) atoms. The van der Waals surface area contributed by atoms with Crippen LogP contribution in [0.3, 0.4) is 0 Å². The molecule has 4 rings (SSSR count). The van der Waals surface area contributed by atoms with Crippen LogP contribution in [0.5, 0.6) is 0 Å². The molecule has 8 heteroatoms. The van der Waals surface area contributed by atoms with E-state index >= 15 is 0 Å². The first-order valence-electron chi connectivity index (χ1n) is 9.97. The zero-order valence-corrected chi connectivity index (χ0v) is 17.6. The number of nitrogens with zero attached hydrogens (tertiary/aromatic N) is 5. The molecular weight excluding hydrogens is 422 g/mol. The van der Waals surface area contributed by atoms with E-state index in [2.05, 4.69) is 30.7 Å². The zero-order valence-electron chi connectivity index (χ0n) is 16.0. The van der Waals surface area contributed by atoms with E-state index in [1.165, 1.54) is 36.8 Å². The van der Waals surface area contributed by atoms with Gasteiger partial charge in [-0.05, 0) is 44.1 Å². The maximum absolute atomic E-state index is 12.7. The second-order valence-electron chi connectivity index (χ2n) is 7.61. The van der Waals surface area contributed by atoms with Crippen molar-refractivity contribution in [1.82, 2.24) is 24.3 Å². The summed E-state index contributed by atoms with van der Waals surface area (Å²) in [4.78, 5) is 36.5. The molecule has 2 aromatic rings. The van der Waals surface area contributed by atoms with Crippen molar-refractivity contribution in [2.24, 2.45) is 0 Å². The molecule has 1 aromatic heterocycles. The lowest BCUT2D eigenvalue weighted by Gasteiger charge is -2.35. The van der Waals surface area contributed by atoms with Crippen LogP contribution in [-0.2, 0) is 11.3 Å². The summed E-state index contributed by atoms with van der Waals surface area (Å²) in [5, 5.41) is 0.524. The van der Waals surface area contributed by atoms with Crippen molar-refractivity contribution in [2.45, 2.75) is 19.4 Å². The first-order chi connectivity index (χ1) is 13.6. The van der Waals surface area contributed by atoms with Gasteiger partial charge in [0.2, 0.25) is 5.91 Å². The lowest BCUT2D eigenvalue weighted by molar-refractivity contribution is -0.133. The molecule has 0 radical (unpaired) electrons. The fourth-order valence-electron chi connectivity index (χ4n) is 4.00. The van der Waals surface area contributed by atoms with Gasteiger partial charge in [0.25, 0.3) is 5.56 Å². The Bertz CT molecular complexity index is 901. The highest BCUT2D eigenvalue weighted by Crippen LogP contribution is 2.15. The number of hydrogen-bond acceptors (Lipinski definition) is 5. The summed E-state index contributed by atoms with van der Waals surface area (Å²) in [5.41, 5.74) is 0.465. The van der Waals surface area contributed by atoms with E-state index in [-0.39, 0.29) is 18.0 Å². The van der Waals surface area contributed by atoms with Gasteiger partial charge in [-0.3, -0.25) is 19.1 Å². The highest BCUT2D eigenvalue weighted by atomic mass is 79.9. The van der Waals surface area contributed by atoms with Crippen LogP contribution >= 0.6 is 15.9 Å². The van der Waals surface area contributed by atoms with Crippen LogP contribution in [0.1, 0.15) is 12.8 Å². The monoisotopic (exact) mass is 447 g/mol. The van der Waals surface area contributed by atoms with Crippen LogP contribution in [0.25, 0.3) is 10.9 Å². The quantitative estimate of drug-likeness (QED) is 0.692. The first-order valence-corrected chi connectivity index (χ1v) is 10.8. The van der Waals surface area contributed by atoms with Crippen molar-refractivity contribution >= 4 is 32.7 Å². The van der Waals surface area contributed by atoms with E-state index < -0.39 is 0 Å². The van der Waals surface area contributed by atoms with Gasteiger partial charge in [0.05, 0.1) is 17.2 Å². The van der Waals surface area contributed by atoms with Gasteiger partial charge in [0.15, 0.2) is 0 Å². The summed E-state index contributed by atoms with van der Waals surface area (Å²) in [6.07, 6.45) is 4.12. The number of aromatic nitrogens is 2. The van der Waals surface area contributed by atoms with Gasteiger partial charge in [0, 0.05) is 43.7 Å². The molecule has 2 fully saturated rings. The minimum atomic E-state index is -0.177. The molecule has 3 heterocycles. The summed E-state index contributed by atoms with van der Waals surface area (Å²) < 4.78 is 2.24. The van der Waals surface area contributed by atoms with Crippen molar-refractivity contribution in [2.75, 3.05) is 52.4 Å². The minimum Gasteiger partial charge on any atom is -0.339 e. The van der Waals surface area contributed by atoms with Crippen molar-refractivity contribution < 1.29 is 4.79 Å². The average molecular weight is 448 g/mol. The number of amides is 1. The Morgan fingerprint density at radius 1 is 1.00 bits per heavy atom. The predicted molar refractivity (Wildman–Crippen MR) is 112 cm³/mol. The second kappa shape index (κ2) is 8.71. The molecule has 0 unspecified atom stereocenters. The van der Waals surface area contributed by atoms with Crippen molar-refractivity contribution in [3.05, 3.63) is 39.4 Å². The van der Waals surface area contributed by atoms with Crippen LogP contribution in [0, 0.1) is 0 Å². The van der Waals surface area contributed by atoms with E-state index in [9.17, 15) is 9.59 Å². The van der Waals surface area contributed by atoms with Gasteiger partial charge < -0.3 is 9.80 Å². The molecule has 7 nitrogen and oxygen atoms in total. The van der Waals surface area contributed by atoms with Crippen LogP contribution in [-0.4, -0.2) is 82.5 Å². The molecule has 0 aliphatic carbocycles. The Hall–Kier alpha value is -1.77. The standard InChI is InChI=1S/C20H26BrN5O2/c21-16-3-4-18-17(13-16)20(28)26(15-22-18)14-19(27)25-11-9-24(10-12-25)8-7-23-5-1-2-6-23/h3-4,13,15H,1-2,5-12,14H2. The van der Waals surface area contributed by atoms with Gasteiger partial charge in [-0.15, -0.1) is 0 Å². The molecule has 0 atom stereocenters. The largest absolute Gasteiger partial charge is 0.339 e. The number of carbonyl (C=O) groups is 1. The van der Waals surface area contributed by atoms with Crippen LogP contribution in [0.15, 0.2) is 33.8 Å². The van der Waals surface area contributed by atoms with Crippen LogP contribution in [0.4, 0.5) is 0 Å². The maximum atomic E-state index is 12.7. The van der Waals surface area contributed by atoms with E-state index in [0.29, 0.717) is 10.9 Å². The Morgan fingerprint density at radius 3 is 2.39 bits per heavy atom. The molecule has 2 saturated heterocycles. The first kappa shape index (κ1) is 19.5.